The summed E-state index contributed by atoms with van der Waals surface area (Å²) in [6.07, 6.45) is 6.22. The highest BCUT2D eigenvalue weighted by atomic mass is 16.2. The lowest BCUT2D eigenvalue weighted by molar-refractivity contribution is -0.140. The van der Waals surface area contributed by atoms with Gasteiger partial charge in [-0.15, -0.1) is 0 Å². The highest BCUT2D eigenvalue weighted by molar-refractivity contribution is 5.89. The van der Waals surface area contributed by atoms with Gasteiger partial charge in [-0.05, 0) is 30.7 Å². The smallest absolute Gasteiger partial charge is 0.224 e. The molecule has 0 heterocycles. The van der Waals surface area contributed by atoms with Crippen LogP contribution in [0.15, 0.2) is 36.4 Å². The van der Waals surface area contributed by atoms with Crippen molar-refractivity contribution in [3.63, 3.8) is 0 Å². The Morgan fingerprint density at radius 3 is 2.25 bits per heavy atom. The predicted octanol–water partition coefficient (Wildman–Crippen LogP) is 3.51. The molecule has 0 bridgehead atoms. The lowest BCUT2D eigenvalue weighted by atomic mass is 9.65. The van der Waals surface area contributed by atoms with Crippen LogP contribution in [0.25, 0.3) is 6.08 Å². The first kappa shape index (κ1) is 19.9. The van der Waals surface area contributed by atoms with Gasteiger partial charge in [-0.3, -0.25) is 9.59 Å². The van der Waals surface area contributed by atoms with Crippen molar-refractivity contribution in [3.05, 3.63) is 42.0 Å². The minimum absolute atomic E-state index is 0.237. The Hall–Kier alpha value is -2.10. The van der Waals surface area contributed by atoms with Gasteiger partial charge in [0, 0.05) is 0 Å². The van der Waals surface area contributed by atoms with Gasteiger partial charge in [0.1, 0.15) is 0 Å². The van der Waals surface area contributed by atoms with Gasteiger partial charge >= 0.3 is 0 Å². The fourth-order valence-electron chi connectivity index (χ4n) is 3.42. The molecule has 0 radical (unpaired) electrons. The largest absolute Gasteiger partial charge is 0.369 e. The molecule has 1 aromatic carbocycles. The minimum Gasteiger partial charge on any atom is -0.369 e. The van der Waals surface area contributed by atoms with Crippen molar-refractivity contribution in [2.45, 2.75) is 46.5 Å². The number of carbonyl (C=O) groups excluding carboxylic acids is 2. The van der Waals surface area contributed by atoms with Crippen molar-refractivity contribution < 1.29 is 9.59 Å². The topological polar surface area (TPSA) is 86.2 Å². The summed E-state index contributed by atoms with van der Waals surface area (Å²) in [5.74, 6) is -1.18. The number of amides is 2. The molecule has 4 nitrogen and oxygen atoms in total. The van der Waals surface area contributed by atoms with E-state index in [1.165, 1.54) is 0 Å². The quantitative estimate of drug-likeness (QED) is 0.688. The van der Waals surface area contributed by atoms with E-state index in [9.17, 15) is 9.59 Å². The van der Waals surface area contributed by atoms with Gasteiger partial charge in [-0.2, -0.15) is 0 Å². The van der Waals surface area contributed by atoms with Crippen molar-refractivity contribution >= 4 is 17.9 Å². The second-order valence-electron chi connectivity index (χ2n) is 6.88. The van der Waals surface area contributed by atoms with Crippen molar-refractivity contribution in [2.24, 2.45) is 28.7 Å². The highest BCUT2D eigenvalue weighted by Crippen LogP contribution is 2.41. The zero-order chi connectivity index (χ0) is 18.2. The summed E-state index contributed by atoms with van der Waals surface area (Å²) in [4.78, 5) is 24.4. The van der Waals surface area contributed by atoms with Crippen LogP contribution < -0.4 is 11.5 Å². The van der Waals surface area contributed by atoms with Gasteiger partial charge < -0.3 is 11.5 Å². The van der Waals surface area contributed by atoms with E-state index in [0.29, 0.717) is 19.3 Å². The van der Waals surface area contributed by atoms with Crippen LogP contribution >= 0.6 is 0 Å². The summed E-state index contributed by atoms with van der Waals surface area (Å²) in [6.45, 7) is 6.04. The molecule has 0 aliphatic rings. The number of hydrogen-bond acceptors (Lipinski definition) is 2. The van der Waals surface area contributed by atoms with Crippen molar-refractivity contribution in [2.75, 3.05) is 0 Å². The second kappa shape index (κ2) is 9.26. The predicted molar refractivity (Wildman–Crippen MR) is 98.8 cm³/mol. The standard InChI is InChI=1S/C20H30N2O2/c1-4-9-17(18(21)23)20(19(22)24,14-15(2)3)13-8-12-16-10-6-5-7-11-16/h5-8,10-12,15,17H,4,9,13-14H2,1-3H3,(H2,21,23)(H2,22,24). The summed E-state index contributed by atoms with van der Waals surface area (Å²) in [6, 6.07) is 9.84. The average Bonchev–Trinajstić information content (AvgIpc) is 2.51. The summed E-state index contributed by atoms with van der Waals surface area (Å²) in [5, 5.41) is 0. The van der Waals surface area contributed by atoms with Crippen LogP contribution in [0.3, 0.4) is 0 Å². The van der Waals surface area contributed by atoms with Gasteiger partial charge in [-0.1, -0.05) is 69.7 Å². The minimum atomic E-state index is -0.929. The van der Waals surface area contributed by atoms with Crippen molar-refractivity contribution in [3.8, 4) is 0 Å². The first-order chi connectivity index (χ1) is 11.3. The molecule has 0 aromatic heterocycles. The van der Waals surface area contributed by atoms with E-state index in [1.807, 2.05) is 63.3 Å². The summed E-state index contributed by atoms with van der Waals surface area (Å²) in [7, 11) is 0. The maximum atomic E-state index is 12.4. The zero-order valence-corrected chi connectivity index (χ0v) is 15.0. The van der Waals surface area contributed by atoms with Crippen LogP contribution in [0.5, 0.6) is 0 Å². The molecule has 0 spiro atoms. The molecule has 132 valence electrons. The first-order valence-corrected chi connectivity index (χ1v) is 8.64. The Bertz CT molecular complexity index is 566. The van der Waals surface area contributed by atoms with E-state index in [4.69, 9.17) is 11.5 Å². The zero-order valence-electron chi connectivity index (χ0n) is 15.0. The molecular formula is C20H30N2O2. The van der Waals surface area contributed by atoms with E-state index >= 15 is 0 Å². The summed E-state index contributed by atoms with van der Waals surface area (Å²) in [5.41, 5.74) is 11.5. The number of primary amides is 2. The molecule has 0 fully saturated rings. The molecule has 0 aliphatic carbocycles. The van der Waals surface area contributed by atoms with Gasteiger partial charge in [0.05, 0.1) is 11.3 Å². The number of allylic oxidation sites excluding steroid dienone is 1. The molecule has 2 atom stereocenters. The lowest BCUT2D eigenvalue weighted by Gasteiger charge is -2.37. The summed E-state index contributed by atoms with van der Waals surface area (Å²) < 4.78 is 0. The Balaban J connectivity index is 3.17. The normalized spacial score (nSPS) is 15.3. The third kappa shape index (κ3) is 5.22. The fraction of sp³-hybridized carbons (Fsp3) is 0.500. The Morgan fingerprint density at radius 2 is 1.79 bits per heavy atom. The van der Waals surface area contributed by atoms with Crippen LogP contribution in [-0.4, -0.2) is 11.8 Å². The second-order valence-corrected chi connectivity index (χ2v) is 6.88. The third-order valence-corrected chi connectivity index (χ3v) is 4.44. The fourth-order valence-corrected chi connectivity index (χ4v) is 3.42. The molecule has 1 aromatic rings. The number of rotatable bonds is 10. The summed E-state index contributed by atoms with van der Waals surface area (Å²) >= 11 is 0. The highest BCUT2D eigenvalue weighted by Gasteiger charge is 2.46. The lowest BCUT2D eigenvalue weighted by Crippen LogP contribution is -2.49. The monoisotopic (exact) mass is 330 g/mol. The van der Waals surface area contributed by atoms with Gasteiger partial charge in [-0.25, -0.2) is 0 Å². The molecule has 0 aliphatic heterocycles. The third-order valence-electron chi connectivity index (χ3n) is 4.44. The van der Waals surface area contributed by atoms with Gasteiger partial charge in [0.2, 0.25) is 11.8 Å². The SMILES string of the molecule is CCCC(C(N)=O)C(CC=Cc1ccccc1)(CC(C)C)C(N)=O. The van der Waals surface area contributed by atoms with Crippen LogP contribution in [0.2, 0.25) is 0 Å². The maximum Gasteiger partial charge on any atom is 0.224 e. The van der Waals surface area contributed by atoms with E-state index in [-0.39, 0.29) is 5.92 Å². The van der Waals surface area contributed by atoms with Gasteiger partial charge in [0.25, 0.3) is 0 Å². The van der Waals surface area contributed by atoms with E-state index in [1.54, 1.807) is 0 Å². The Labute approximate surface area is 145 Å². The molecule has 4 heteroatoms. The number of hydrogen-bond donors (Lipinski definition) is 2. The van der Waals surface area contributed by atoms with Crippen LogP contribution in [-0.2, 0) is 9.59 Å². The van der Waals surface area contributed by atoms with E-state index < -0.39 is 23.1 Å². The average molecular weight is 330 g/mol. The van der Waals surface area contributed by atoms with Crippen LogP contribution in [0, 0.1) is 17.3 Å². The Kier molecular flexibility index (Phi) is 7.69. The molecule has 0 saturated heterocycles. The Morgan fingerprint density at radius 1 is 1.17 bits per heavy atom. The molecule has 0 saturated carbocycles. The number of benzene rings is 1. The van der Waals surface area contributed by atoms with Crippen LogP contribution in [0.1, 0.15) is 52.0 Å². The first-order valence-electron chi connectivity index (χ1n) is 8.64. The molecule has 2 amide bonds. The molecule has 24 heavy (non-hydrogen) atoms. The van der Waals surface area contributed by atoms with Gasteiger partial charge in [0.15, 0.2) is 0 Å². The van der Waals surface area contributed by atoms with E-state index in [2.05, 4.69) is 0 Å². The molecular weight excluding hydrogens is 300 g/mol. The molecule has 1 rings (SSSR count). The molecule has 4 N–H and O–H groups in total. The van der Waals surface area contributed by atoms with Crippen LogP contribution in [0.4, 0.5) is 0 Å². The maximum absolute atomic E-state index is 12.4. The number of carbonyl (C=O) groups is 2. The van der Waals surface area contributed by atoms with Crippen molar-refractivity contribution in [1.29, 1.82) is 0 Å². The number of nitrogens with two attached hydrogens (primary N) is 2. The van der Waals surface area contributed by atoms with E-state index in [0.717, 1.165) is 12.0 Å². The van der Waals surface area contributed by atoms with Crippen molar-refractivity contribution in [1.82, 2.24) is 0 Å². The molecule has 2 unspecified atom stereocenters.